The number of hydrogen-bond acceptors (Lipinski definition) is 5. The molecule has 7 heteroatoms. The number of carboxylic acids is 1. The largest absolute Gasteiger partial charge is 0.478 e. The van der Waals surface area contributed by atoms with Crippen LogP contribution in [0, 0.1) is 0 Å². The number of hydrogen-bond donors (Lipinski definition) is 2. The van der Waals surface area contributed by atoms with Crippen LogP contribution in [0.15, 0.2) is 30.5 Å². The zero-order chi connectivity index (χ0) is 13.8. The molecule has 1 aromatic heterocycles. The summed E-state index contributed by atoms with van der Waals surface area (Å²) >= 11 is 5.95. The molecule has 0 aliphatic heterocycles. The minimum atomic E-state index is -1.00. The predicted octanol–water partition coefficient (Wildman–Crippen LogP) is 2.58. The summed E-state index contributed by atoms with van der Waals surface area (Å²) < 4.78 is 4.89. The summed E-state index contributed by atoms with van der Waals surface area (Å²) in [4.78, 5) is 18.8. The van der Waals surface area contributed by atoms with Gasteiger partial charge in [-0.2, -0.15) is 4.98 Å². The van der Waals surface area contributed by atoms with Crippen molar-refractivity contribution in [1.29, 1.82) is 0 Å². The molecule has 1 heterocycles. The predicted molar refractivity (Wildman–Crippen MR) is 70.3 cm³/mol. The van der Waals surface area contributed by atoms with Crippen LogP contribution in [0.5, 0.6) is 6.01 Å². The second-order valence-electron chi connectivity index (χ2n) is 3.56. The van der Waals surface area contributed by atoms with Gasteiger partial charge in [-0.15, -0.1) is 0 Å². The van der Waals surface area contributed by atoms with Gasteiger partial charge in [-0.3, -0.25) is 0 Å². The first-order valence-electron chi connectivity index (χ1n) is 5.27. The van der Waals surface area contributed by atoms with Crippen LogP contribution < -0.4 is 10.1 Å². The van der Waals surface area contributed by atoms with E-state index in [2.05, 4.69) is 15.3 Å². The smallest absolute Gasteiger partial charge is 0.335 e. The maximum absolute atomic E-state index is 10.9. The highest BCUT2D eigenvalue weighted by atomic mass is 35.5. The van der Waals surface area contributed by atoms with Gasteiger partial charge in [0.1, 0.15) is 5.02 Å². The summed E-state index contributed by atoms with van der Waals surface area (Å²) in [6, 6.07) is 6.47. The van der Waals surface area contributed by atoms with Gasteiger partial charge in [0.15, 0.2) is 5.82 Å². The van der Waals surface area contributed by atoms with Gasteiger partial charge in [0.2, 0.25) is 0 Å². The average molecular weight is 280 g/mol. The molecule has 2 aromatic rings. The van der Waals surface area contributed by atoms with Crippen molar-refractivity contribution in [2.75, 3.05) is 12.4 Å². The van der Waals surface area contributed by atoms with Crippen LogP contribution in [0.25, 0.3) is 0 Å². The molecule has 0 bridgehead atoms. The Bertz CT molecular complexity index is 619. The molecule has 0 fully saturated rings. The molecule has 98 valence electrons. The van der Waals surface area contributed by atoms with E-state index in [-0.39, 0.29) is 11.6 Å². The van der Waals surface area contributed by atoms with Gasteiger partial charge in [0.25, 0.3) is 0 Å². The molecule has 1 aromatic carbocycles. The monoisotopic (exact) mass is 279 g/mol. The quantitative estimate of drug-likeness (QED) is 0.895. The summed E-state index contributed by atoms with van der Waals surface area (Å²) in [5, 5.41) is 12.1. The Morgan fingerprint density at radius 1 is 1.47 bits per heavy atom. The van der Waals surface area contributed by atoms with Crippen molar-refractivity contribution in [2.24, 2.45) is 0 Å². The first-order chi connectivity index (χ1) is 9.10. The molecular formula is C12H10ClN3O3. The van der Waals surface area contributed by atoms with Crippen molar-refractivity contribution >= 4 is 29.1 Å². The molecule has 0 saturated heterocycles. The summed E-state index contributed by atoms with van der Waals surface area (Å²) in [5.74, 6) is -0.661. The Morgan fingerprint density at radius 3 is 2.95 bits per heavy atom. The number of halogens is 1. The topological polar surface area (TPSA) is 84.3 Å². The first-order valence-corrected chi connectivity index (χ1v) is 5.65. The average Bonchev–Trinajstić information content (AvgIpc) is 2.41. The van der Waals surface area contributed by atoms with Crippen molar-refractivity contribution in [3.8, 4) is 6.01 Å². The van der Waals surface area contributed by atoms with Crippen molar-refractivity contribution < 1.29 is 14.6 Å². The van der Waals surface area contributed by atoms with Gasteiger partial charge < -0.3 is 15.2 Å². The third-order valence-corrected chi connectivity index (χ3v) is 2.55. The Kier molecular flexibility index (Phi) is 3.82. The number of aromatic nitrogens is 2. The molecule has 0 unspecified atom stereocenters. The third-order valence-electron chi connectivity index (χ3n) is 2.28. The van der Waals surface area contributed by atoms with E-state index in [0.29, 0.717) is 16.5 Å². The van der Waals surface area contributed by atoms with Crippen molar-refractivity contribution in [3.05, 3.63) is 41.0 Å². The standard InChI is InChI=1S/C12H10ClN3O3/c1-19-12-14-6-9(13)10(16-12)15-8-4-2-3-7(5-8)11(17)18/h2-6H,1H3,(H,17,18)(H,14,15,16). The van der Waals surface area contributed by atoms with E-state index >= 15 is 0 Å². The number of aromatic carboxylic acids is 1. The van der Waals surface area contributed by atoms with Gasteiger partial charge in [-0.1, -0.05) is 17.7 Å². The number of nitrogens with zero attached hydrogens (tertiary/aromatic N) is 2. The van der Waals surface area contributed by atoms with Gasteiger partial charge in [0, 0.05) is 5.69 Å². The molecule has 0 atom stereocenters. The maximum atomic E-state index is 10.9. The lowest BCUT2D eigenvalue weighted by molar-refractivity contribution is 0.0697. The highest BCUT2D eigenvalue weighted by Gasteiger charge is 2.08. The van der Waals surface area contributed by atoms with Gasteiger partial charge in [-0.05, 0) is 18.2 Å². The number of carbonyl (C=O) groups is 1. The van der Waals surface area contributed by atoms with Crippen LogP contribution in [0.1, 0.15) is 10.4 Å². The molecule has 0 aliphatic rings. The summed E-state index contributed by atoms with van der Waals surface area (Å²) in [5.41, 5.74) is 0.727. The molecule has 0 amide bonds. The Hall–Kier alpha value is -2.34. The number of benzene rings is 1. The minimum Gasteiger partial charge on any atom is -0.478 e. The number of methoxy groups -OCH3 is 1. The third kappa shape index (κ3) is 3.11. The highest BCUT2D eigenvalue weighted by Crippen LogP contribution is 2.24. The van der Waals surface area contributed by atoms with Crippen molar-refractivity contribution in [3.63, 3.8) is 0 Å². The summed E-state index contributed by atoms with van der Waals surface area (Å²) in [6.07, 6.45) is 1.40. The van der Waals surface area contributed by atoms with Gasteiger partial charge in [-0.25, -0.2) is 9.78 Å². The molecular weight excluding hydrogens is 270 g/mol. The lowest BCUT2D eigenvalue weighted by Gasteiger charge is -2.08. The van der Waals surface area contributed by atoms with Crippen LogP contribution in [0.2, 0.25) is 5.02 Å². The van der Waals surface area contributed by atoms with E-state index in [1.165, 1.54) is 25.4 Å². The van der Waals surface area contributed by atoms with Crippen molar-refractivity contribution in [1.82, 2.24) is 9.97 Å². The van der Waals surface area contributed by atoms with Crippen LogP contribution in [-0.2, 0) is 0 Å². The number of rotatable bonds is 4. The molecule has 6 nitrogen and oxygen atoms in total. The normalized spacial score (nSPS) is 10.0. The highest BCUT2D eigenvalue weighted by molar-refractivity contribution is 6.32. The number of carboxylic acid groups (broad SMARTS) is 1. The van der Waals surface area contributed by atoms with Gasteiger partial charge in [0.05, 0.1) is 18.9 Å². The number of nitrogens with one attached hydrogen (secondary N) is 1. The van der Waals surface area contributed by atoms with E-state index in [1.54, 1.807) is 12.1 Å². The zero-order valence-corrected chi connectivity index (χ0v) is 10.7. The van der Waals surface area contributed by atoms with Crippen LogP contribution in [0.3, 0.4) is 0 Å². The molecule has 2 rings (SSSR count). The second kappa shape index (κ2) is 5.53. The summed E-state index contributed by atoms with van der Waals surface area (Å²) in [6.45, 7) is 0. The van der Waals surface area contributed by atoms with E-state index in [1.807, 2.05) is 0 Å². The number of ether oxygens (including phenoxy) is 1. The maximum Gasteiger partial charge on any atom is 0.335 e. The molecule has 0 saturated carbocycles. The van der Waals surface area contributed by atoms with E-state index < -0.39 is 5.97 Å². The molecule has 0 aliphatic carbocycles. The molecule has 19 heavy (non-hydrogen) atoms. The van der Waals surface area contributed by atoms with E-state index in [0.717, 1.165) is 0 Å². The fourth-order valence-electron chi connectivity index (χ4n) is 1.40. The molecule has 2 N–H and O–H groups in total. The van der Waals surface area contributed by atoms with Crippen LogP contribution in [0.4, 0.5) is 11.5 Å². The van der Waals surface area contributed by atoms with Gasteiger partial charge >= 0.3 is 12.0 Å². The van der Waals surface area contributed by atoms with Crippen molar-refractivity contribution in [2.45, 2.75) is 0 Å². The fourth-order valence-corrected chi connectivity index (χ4v) is 1.54. The molecule has 0 spiro atoms. The second-order valence-corrected chi connectivity index (χ2v) is 3.97. The van der Waals surface area contributed by atoms with Crippen LogP contribution in [-0.4, -0.2) is 28.2 Å². The Morgan fingerprint density at radius 2 is 2.26 bits per heavy atom. The zero-order valence-electron chi connectivity index (χ0n) is 9.92. The van der Waals surface area contributed by atoms with Crippen LogP contribution >= 0.6 is 11.6 Å². The van der Waals surface area contributed by atoms with E-state index in [4.69, 9.17) is 21.4 Å². The number of anilines is 2. The minimum absolute atomic E-state index is 0.168. The Balaban J connectivity index is 2.30. The summed E-state index contributed by atoms with van der Waals surface area (Å²) in [7, 11) is 1.44. The first kappa shape index (κ1) is 13.1. The lowest BCUT2D eigenvalue weighted by atomic mass is 10.2. The van der Waals surface area contributed by atoms with E-state index in [9.17, 15) is 4.79 Å². The Labute approximate surface area is 114 Å². The SMILES string of the molecule is COc1ncc(Cl)c(Nc2cccc(C(=O)O)c2)n1. The molecule has 0 radical (unpaired) electrons. The lowest BCUT2D eigenvalue weighted by Crippen LogP contribution is -2.01. The fraction of sp³-hybridized carbons (Fsp3) is 0.0833.